The van der Waals surface area contributed by atoms with Crippen LogP contribution in [0.1, 0.15) is 23.2 Å². The summed E-state index contributed by atoms with van der Waals surface area (Å²) in [6.07, 6.45) is 1.35. The van der Waals surface area contributed by atoms with Crippen molar-refractivity contribution >= 4 is 46.4 Å². The number of hydrogen-bond acceptors (Lipinski definition) is 4. The van der Waals surface area contributed by atoms with Crippen LogP contribution in [-0.2, 0) is 4.79 Å². The van der Waals surface area contributed by atoms with E-state index >= 15 is 0 Å². The zero-order chi connectivity index (χ0) is 18.3. The maximum Gasteiger partial charge on any atom is 0.255 e. The average Bonchev–Trinajstić information content (AvgIpc) is 3.24. The first-order valence-electron chi connectivity index (χ1n) is 8.03. The van der Waals surface area contributed by atoms with Gasteiger partial charge < -0.3 is 19.7 Å². The number of benzene rings is 2. The summed E-state index contributed by atoms with van der Waals surface area (Å²) >= 11 is 12.4. The highest BCUT2D eigenvalue weighted by molar-refractivity contribution is 6.34. The van der Waals surface area contributed by atoms with E-state index in [2.05, 4.69) is 5.32 Å². The zero-order valence-electron chi connectivity index (χ0n) is 13.6. The molecule has 8 heteroatoms. The fourth-order valence-electron chi connectivity index (χ4n) is 3.01. The van der Waals surface area contributed by atoms with Crippen molar-refractivity contribution in [1.29, 1.82) is 0 Å². The van der Waals surface area contributed by atoms with Crippen LogP contribution in [-0.4, -0.2) is 25.2 Å². The minimum absolute atomic E-state index is 0.0543. The highest BCUT2D eigenvalue weighted by Gasteiger charge is 2.24. The van der Waals surface area contributed by atoms with Gasteiger partial charge in [0, 0.05) is 24.2 Å². The van der Waals surface area contributed by atoms with E-state index in [-0.39, 0.29) is 18.6 Å². The number of amides is 2. The first kappa shape index (κ1) is 17.0. The standard InChI is InChI=1S/C18H14Cl2N2O4/c19-12-8-11(3-4-14(12)22-5-1-2-16(22)23)21-18(24)10-6-13(20)17-15(7-10)25-9-26-17/h3-4,6-8H,1-2,5,9H2,(H,21,24). The maximum atomic E-state index is 12.5. The molecule has 2 aliphatic rings. The molecule has 2 amide bonds. The molecular weight excluding hydrogens is 379 g/mol. The number of fused-ring (bicyclic) bond motifs is 1. The van der Waals surface area contributed by atoms with Gasteiger partial charge in [-0.2, -0.15) is 0 Å². The monoisotopic (exact) mass is 392 g/mol. The number of anilines is 2. The molecule has 0 aromatic heterocycles. The molecule has 26 heavy (non-hydrogen) atoms. The predicted octanol–water partition coefficient (Wildman–Crippen LogP) is 4.10. The Labute approximate surface area is 159 Å². The van der Waals surface area contributed by atoms with Crippen LogP contribution in [0.3, 0.4) is 0 Å². The Morgan fingerprint density at radius 1 is 1.12 bits per heavy atom. The van der Waals surface area contributed by atoms with E-state index in [4.69, 9.17) is 32.7 Å². The normalized spacial score (nSPS) is 15.5. The fourth-order valence-corrected chi connectivity index (χ4v) is 3.56. The fraction of sp³-hybridized carbons (Fsp3) is 0.222. The Kier molecular flexibility index (Phi) is 4.38. The van der Waals surface area contributed by atoms with Crippen molar-refractivity contribution in [2.75, 3.05) is 23.6 Å². The summed E-state index contributed by atoms with van der Waals surface area (Å²) in [5.41, 5.74) is 1.51. The van der Waals surface area contributed by atoms with Crippen LogP contribution in [0.15, 0.2) is 30.3 Å². The van der Waals surface area contributed by atoms with Gasteiger partial charge in [0.2, 0.25) is 12.7 Å². The highest BCUT2D eigenvalue weighted by Crippen LogP contribution is 2.40. The first-order valence-corrected chi connectivity index (χ1v) is 8.79. The van der Waals surface area contributed by atoms with E-state index in [1.165, 1.54) is 6.07 Å². The zero-order valence-corrected chi connectivity index (χ0v) is 15.1. The number of ether oxygens (including phenoxy) is 2. The minimum Gasteiger partial charge on any atom is -0.454 e. The molecule has 4 rings (SSSR count). The lowest BCUT2D eigenvalue weighted by Gasteiger charge is -2.18. The van der Waals surface area contributed by atoms with E-state index in [1.54, 1.807) is 29.2 Å². The summed E-state index contributed by atoms with van der Waals surface area (Å²) in [4.78, 5) is 26.0. The average molecular weight is 393 g/mol. The Morgan fingerprint density at radius 3 is 2.69 bits per heavy atom. The molecule has 0 radical (unpaired) electrons. The van der Waals surface area contributed by atoms with Crippen molar-refractivity contribution in [2.24, 2.45) is 0 Å². The predicted molar refractivity (Wildman–Crippen MR) is 98.6 cm³/mol. The highest BCUT2D eigenvalue weighted by atomic mass is 35.5. The van der Waals surface area contributed by atoms with Crippen LogP contribution < -0.4 is 19.7 Å². The number of rotatable bonds is 3. The molecular formula is C18H14Cl2N2O4. The third-order valence-corrected chi connectivity index (χ3v) is 4.84. The molecule has 0 atom stereocenters. The minimum atomic E-state index is -0.355. The molecule has 0 saturated carbocycles. The van der Waals surface area contributed by atoms with Gasteiger partial charge in [-0.3, -0.25) is 9.59 Å². The second-order valence-electron chi connectivity index (χ2n) is 5.96. The van der Waals surface area contributed by atoms with Gasteiger partial charge in [-0.25, -0.2) is 0 Å². The van der Waals surface area contributed by atoms with Crippen molar-refractivity contribution in [3.63, 3.8) is 0 Å². The van der Waals surface area contributed by atoms with Gasteiger partial charge in [-0.15, -0.1) is 0 Å². The van der Waals surface area contributed by atoms with Crippen LogP contribution >= 0.6 is 23.2 Å². The number of halogens is 2. The Bertz CT molecular complexity index is 916. The van der Waals surface area contributed by atoms with Crippen molar-refractivity contribution in [2.45, 2.75) is 12.8 Å². The first-order chi connectivity index (χ1) is 12.5. The molecule has 0 bridgehead atoms. The third kappa shape index (κ3) is 3.06. The van der Waals surface area contributed by atoms with Gasteiger partial charge in [0.05, 0.1) is 15.7 Å². The summed E-state index contributed by atoms with van der Waals surface area (Å²) in [7, 11) is 0. The SMILES string of the molecule is O=C(Nc1ccc(N2CCCC2=O)c(Cl)c1)c1cc(Cl)c2c(c1)OCO2. The summed E-state index contributed by atoms with van der Waals surface area (Å²) in [5.74, 6) is 0.569. The maximum absolute atomic E-state index is 12.5. The Balaban J connectivity index is 1.54. The van der Waals surface area contributed by atoms with E-state index in [0.29, 0.717) is 51.4 Å². The molecule has 2 aromatic carbocycles. The van der Waals surface area contributed by atoms with Gasteiger partial charge in [-0.05, 0) is 36.8 Å². The number of nitrogens with zero attached hydrogens (tertiary/aromatic N) is 1. The van der Waals surface area contributed by atoms with Crippen molar-refractivity contribution in [3.05, 3.63) is 45.9 Å². The molecule has 1 N–H and O–H groups in total. The van der Waals surface area contributed by atoms with Crippen LogP contribution in [0.5, 0.6) is 11.5 Å². The van der Waals surface area contributed by atoms with E-state index < -0.39 is 0 Å². The third-order valence-electron chi connectivity index (χ3n) is 4.26. The molecule has 2 aromatic rings. The van der Waals surface area contributed by atoms with Crippen LogP contribution in [0, 0.1) is 0 Å². The second-order valence-corrected chi connectivity index (χ2v) is 6.78. The molecule has 1 fully saturated rings. The van der Waals surface area contributed by atoms with Crippen LogP contribution in [0.2, 0.25) is 10.0 Å². The summed E-state index contributed by atoms with van der Waals surface area (Å²) < 4.78 is 10.5. The van der Waals surface area contributed by atoms with Gasteiger partial charge in [0.1, 0.15) is 0 Å². The number of carbonyl (C=O) groups is 2. The molecule has 0 spiro atoms. The van der Waals surface area contributed by atoms with Gasteiger partial charge >= 0.3 is 0 Å². The topological polar surface area (TPSA) is 67.9 Å². The number of nitrogens with one attached hydrogen (secondary N) is 1. The van der Waals surface area contributed by atoms with Crippen LogP contribution in [0.4, 0.5) is 11.4 Å². The van der Waals surface area contributed by atoms with Crippen molar-refractivity contribution in [3.8, 4) is 11.5 Å². The van der Waals surface area contributed by atoms with Gasteiger partial charge in [-0.1, -0.05) is 23.2 Å². The lowest BCUT2D eigenvalue weighted by atomic mass is 10.1. The smallest absolute Gasteiger partial charge is 0.255 e. The molecule has 2 heterocycles. The van der Waals surface area contributed by atoms with E-state index in [9.17, 15) is 9.59 Å². The molecule has 0 aliphatic carbocycles. The second kappa shape index (κ2) is 6.70. The number of hydrogen-bond donors (Lipinski definition) is 1. The summed E-state index contributed by atoms with van der Waals surface area (Å²) in [6, 6.07) is 8.15. The van der Waals surface area contributed by atoms with Crippen molar-refractivity contribution in [1.82, 2.24) is 0 Å². The molecule has 134 valence electrons. The van der Waals surface area contributed by atoms with Crippen LogP contribution in [0.25, 0.3) is 0 Å². The summed E-state index contributed by atoms with van der Waals surface area (Å²) in [5, 5.41) is 3.48. The van der Waals surface area contributed by atoms with Gasteiger partial charge in [0.25, 0.3) is 5.91 Å². The molecule has 6 nitrogen and oxygen atoms in total. The Morgan fingerprint density at radius 2 is 1.96 bits per heavy atom. The van der Waals surface area contributed by atoms with Crippen molar-refractivity contribution < 1.29 is 19.1 Å². The van der Waals surface area contributed by atoms with E-state index in [1.807, 2.05) is 0 Å². The Hall–Kier alpha value is -2.44. The lowest BCUT2D eigenvalue weighted by molar-refractivity contribution is -0.117. The number of carbonyl (C=O) groups excluding carboxylic acids is 2. The molecule has 2 aliphatic heterocycles. The largest absolute Gasteiger partial charge is 0.454 e. The molecule has 0 unspecified atom stereocenters. The van der Waals surface area contributed by atoms with Gasteiger partial charge in [0.15, 0.2) is 11.5 Å². The summed E-state index contributed by atoms with van der Waals surface area (Å²) in [6.45, 7) is 0.729. The quantitative estimate of drug-likeness (QED) is 0.853. The van der Waals surface area contributed by atoms with E-state index in [0.717, 1.165) is 6.42 Å². The molecule has 1 saturated heterocycles. The lowest BCUT2D eigenvalue weighted by Crippen LogP contribution is -2.24.